The van der Waals surface area contributed by atoms with Crippen molar-refractivity contribution < 1.29 is 0 Å². The second kappa shape index (κ2) is 5.37. The summed E-state index contributed by atoms with van der Waals surface area (Å²) in [5.41, 5.74) is 5.13. The standard InChI is InChI=1S/C16H17ClN4/c1-10-4-5-14(17)15(6-10)18-8-12-7-13-11(2)20-21(3)16(13)19-9-12/h4-7,9,18H,8H2,1-3H3. The first-order valence-electron chi connectivity index (χ1n) is 6.83. The fourth-order valence-corrected chi connectivity index (χ4v) is 2.60. The van der Waals surface area contributed by atoms with Crippen LogP contribution in [0.3, 0.4) is 0 Å². The van der Waals surface area contributed by atoms with Gasteiger partial charge in [0.2, 0.25) is 0 Å². The topological polar surface area (TPSA) is 42.7 Å². The number of halogens is 1. The molecule has 0 saturated carbocycles. The van der Waals surface area contributed by atoms with Gasteiger partial charge in [-0.1, -0.05) is 17.7 Å². The van der Waals surface area contributed by atoms with Crippen LogP contribution in [0.2, 0.25) is 5.02 Å². The number of hydrogen-bond acceptors (Lipinski definition) is 3. The number of nitrogens with one attached hydrogen (secondary N) is 1. The van der Waals surface area contributed by atoms with Gasteiger partial charge in [-0.15, -0.1) is 0 Å². The molecule has 1 N–H and O–H groups in total. The van der Waals surface area contributed by atoms with Gasteiger partial charge in [-0.2, -0.15) is 5.10 Å². The van der Waals surface area contributed by atoms with Crippen LogP contribution in [0.4, 0.5) is 5.69 Å². The van der Waals surface area contributed by atoms with E-state index in [9.17, 15) is 0 Å². The highest BCUT2D eigenvalue weighted by molar-refractivity contribution is 6.33. The molecule has 2 aromatic heterocycles. The Morgan fingerprint density at radius 2 is 2.05 bits per heavy atom. The van der Waals surface area contributed by atoms with Crippen molar-refractivity contribution in [2.45, 2.75) is 20.4 Å². The summed E-state index contributed by atoms with van der Waals surface area (Å²) in [6, 6.07) is 8.08. The van der Waals surface area contributed by atoms with Crippen molar-refractivity contribution in [3.8, 4) is 0 Å². The van der Waals surface area contributed by atoms with E-state index in [1.165, 1.54) is 5.56 Å². The second-order valence-electron chi connectivity index (χ2n) is 5.26. The number of pyridine rings is 1. The van der Waals surface area contributed by atoms with Gasteiger partial charge in [-0.3, -0.25) is 4.68 Å². The third-order valence-electron chi connectivity index (χ3n) is 3.52. The smallest absolute Gasteiger partial charge is 0.157 e. The summed E-state index contributed by atoms with van der Waals surface area (Å²) in [7, 11) is 1.91. The highest BCUT2D eigenvalue weighted by atomic mass is 35.5. The van der Waals surface area contributed by atoms with Crippen LogP contribution >= 0.6 is 11.6 Å². The van der Waals surface area contributed by atoms with Crippen LogP contribution in [0.15, 0.2) is 30.5 Å². The highest BCUT2D eigenvalue weighted by Gasteiger charge is 2.07. The number of fused-ring (bicyclic) bond motifs is 1. The maximum atomic E-state index is 6.19. The van der Waals surface area contributed by atoms with Crippen LogP contribution in [0.5, 0.6) is 0 Å². The molecule has 0 radical (unpaired) electrons. The minimum Gasteiger partial charge on any atom is -0.380 e. The minimum atomic E-state index is 0.681. The number of aryl methyl sites for hydroxylation is 3. The zero-order valence-electron chi connectivity index (χ0n) is 12.3. The lowest BCUT2D eigenvalue weighted by molar-refractivity contribution is 0.773. The van der Waals surface area contributed by atoms with Gasteiger partial charge in [0.05, 0.1) is 16.4 Å². The van der Waals surface area contributed by atoms with Crippen molar-refractivity contribution in [2.24, 2.45) is 7.05 Å². The molecule has 0 unspecified atom stereocenters. The van der Waals surface area contributed by atoms with Gasteiger partial charge in [0.1, 0.15) is 0 Å². The van der Waals surface area contributed by atoms with Gasteiger partial charge in [-0.05, 0) is 43.2 Å². The van der Waals surface area contributed by atoms with E-state index < -0.39 is 0 Å². The molecule has 2 heterocycles. The summed E-state index contributed by atoms with van der Waals surface area (Å²) in [4.78, 5) is 4.48. The van der Waals surface area contributed by atoms with E-state index in [2.05, 4.69) is 21.5 Å². The van der Waals surface area contributed by atoms with E-state index in [1.807, 2.05) is 45.3 Å². The molecule has 0 fully saturated rings. The number of anilines is 1. The molecule has 0 aliphatic rings. The molecule has 3 aromatic rings. The zero-order valence-corrected chi connectivity index (χ0v) is 13.1. The Hall–Kier alpha value is -2.07. The van der Waals surface area contributed by atoms with E-state index in [1.54, 1.807) is 4.68 Å². The third-order valence-corrected chi connectivity index (χ3v) is 3.85. The lowest BCUT2D eigenvalue weighted by atomic mass is 10.2. The van der Waals surface area contributed by atoms with E-state index in [4.69, 9.17) is 11.6 Å². The van der Waals surface area contributed by atoms with E-state index in [0.717, 1.165) is 33.0 Å². The van der Waals surface area contributed by atoms with E-state index in [-0.39, 0.29) is 0 Å². The quantitative estimate of drug-likeness (QED) is 0.799. The molecule has 21 heavy (non-hydrogen) atoms. The molecule has 0 spiro atoms. The Kier molecular flexibility index (Phi) is 3.55. The first-order valence-corrected chi connectivity index (χ1v) is 7.20. The molecule has 108 valence electrons. The van der Waals surface area contributed by atoms with Gasteiger partial charge in [-0.25, -0.2) is 4.98 Å². The van der Waals surface area contributed by atoms with Gasteiger partial charge in [0.25, 0.3) is 0 Å². The van der Waals surface area contributed by atoms with Gasteiger partial charge >= 0.3 is 0 Å². The zero-order chi connectivity index (χ0) is 15.0. The number of hydrogen-bond donors (Lipinski definition) is 1. The summed E-state index contributed by atoms with van der Waals surface area (Å²) in [5, 5.41) is 9.57. The van der Waals surface area contributed by atoms with Crippen molar-refractivity contribution in [2.75, 3.05) is 5.32 Å². The van der Waals surface area contributed by atoms with Crippen molar-refractivity contribution >= 4 is 28.3 Å². The average molecular weight is 301 g/mol. The number of aromatic nitrogens is 3. The molecule has 1 aromatic carbocycles. The average Bonchev–Trinajstić information content (AvgIpc) is 2.75. The predicted molar refractivity (Wildman–Crippen MR) is 86.8 cm³/mol. The van der Waals surface area contributed by atoms with Crippen molar-refractivity contribution in [3.63, 3.8) is 0 Å². The Morgan fingerprint density at radius 3 is 2.86 bits per heavy atom. The molecular formula is C16H17ClN4. The molecule has 5 heteroatoms. The Balaban J connectivity index is 1.85. The first-order chi connectivity index (χ1) is 10.0. The second-order valence-corrected chi connectivity index (χ2v) is 5.67. The molecule has 0 aliphatic carbocycles. The molecule has 0 saturated heterocycles. The maximum absolute atomic E-state index is 6.19. The first kappa shape index (κ1) is 13.9. The lowest BCUT2D eigenvalue weighted by Crippen LogP contribution is -2.01. The number of nitrogens with zero attached hydrogens (tertiary/aromatic N) is 3. The van der Waals surface area contributed by atoms with Gasteiger partial charge in [0.15, 0.2) is 5.65 Å². The monoisotopic (exact) mass is 300 g/mol. The Bertz CT molecular complexity index is 807. The molecule has 4 nitrogen and oxygen atoms in total. The largest absolute Gasteiger partial charge is 0.380 e. The molecule has 0 amide bonds. The van der Waals surface area contributed by atoms with Crippen LogP contribution in [0.1, 0.15) is 16.8 Å². The third kappa shape index (κ3) is 2.72. The number of benzene rings is 1. The van der Waals surface area contributed by atoms with Crippen molar-refractivity contribution in [3.05, 3.63) is 52.3 Å². The summed E-state index contributed by atoms with van der Waals surface area (Å²) in [5.74, 6) is 0. The fourth-order valence-electron chi connectivity index (χ4n) is 2.42. The van der Waals surface area contributed by atoms with E-state index >= 15 is 0 Å². The lowest BCUT2D eigenvalue weighted by Gasteiger charge is -2.09. The molecule has 0 bridgehead atoms. The van der Waals surface area contributed by atoms with Crippen molar-refractivity contribution in [1.29, 1.82) is 0 Å². The maximum Gasteiger partial charge on any atom is 0.157 e. The van der Waals surface area contributed by atoms with E-state index in [0.29, 0.717) is 6.54 Å². The minimum absolute atomic E-state index is 0.681. The van der Waals surface area contributed by atoms with Crippen LogP contribution in [-0.4, -0.2) is 14.8 Å². The molecule has 3 rings (SSSR count). The van der Waals surface area contributed by atoms with Gasteiger partial charge < -0.3 is 5.32 Å². The Labute approximate surface area is 128 Å². The summed E-state index contributed by atoms with van der Waals surface area (Å²) < 4.78 is 1.80. The predicted octanol–water partition coefficient (Wildman–Crippen LogP) is 3.85. The SMILES string of the molecule is Cc1ccc(Cl)c(NCc2cnc3c(c2)c(C)nn3C)c1. The van der Waals surface area contributed by atoms with Crippen LogP contribution in [-0.2, 0) is 13.6 Å². The highest BCUT2D eigenvalue weighted by Crippen LogP contribution is 2.24. The van der Waals surface area contributed by atoms with Crippen LogP contribution in [0.25, 0.3) is 11.0 Å². The molecule has 0 atom stereocenters. The number of rotatable bonds is 3. The summed E-state index contributed by atoms with van der Waals surface area (Å²) in [6.07, 6.45) is 1.88. The summed E-state index contributed by atoms with van der Waals surface area (Å²) in [6.45, 7) is 4.73. The fraction of sp³-hybridized carbons (Fsp3) is 0.250. The van der Waals surface area contributed by atoms with Gasteiger partial charge in [0, 0.05) is 25.2 Å². The Morgan fingerprint density at radius 1 is 1.24 bits per heavy atom. The normalized spacial score (nSPS) is 11.0. The molecular weight excluding hydrogens is 284 g/mol. The molecule has 0 aliphatic heterocycles. The summed E-state index contributed by atoms with van der Waals surface area (Å²) >= 11 is 6.19. The van der Waals surface area contributed by atoms with Crippen molar-refractivity contribution in [1.82, 2.24) is 14.8 Å². The van der Waals surface area contributed by atoms with Crippen LogP contribution < -0.4 is 5.32 Å². The van der Waals surface area contributed by atoms with Crippen LogP contribution in [0, 0.1) is 13.8 Å².